The lowest BCUT2D eigenvalue weighted by atomic mass is 9.88. The third-order valence-corrected chi connectivity index (χ3v) is 3.36. The van der Waals surface area contributed by atoms with E-state index in [2.05, 4.69) is 15.6 Å². The number of H-pyrrole nitrogens is 1. The Morgan fingerprint density at radius 3 is 2.81 bits per heavy atom. The average molecular weight is 243 g/mol. The average Bonchev–Trinajstić information content (AvgIpc) is 2.55. The van der Waals surface area contributed by atoms with Crippen molar-refractivity contribution in [3.63, 3.8) is 0 Å². The SMILES string of the molecule is O=C(O)CC1(NCc2csc(=O)[nH]2)CNC1. The van der Waals surface area contributed by atoms with Crippen molar-refractivity contribution in [1.82, 2.24) is 15.6 Å². The van der Waals surface area contributed by atoms with Gasteiger partial charge in [-0.05, 0) is 0 Å². The summed E-state index contributed by atoms with van der Waals surface area (Å²) >= 11 is 1.11. The molecule has 0 spiro atoms. The fraction of sp³-hybridized carbons (Fsp3) is 0.556. The fourth-order valence-corrected chi connectivity index (χ4v) is 2.29. The summed E-state index contributed by atoms with van der Waals surface area (Å²) in [6.07, 6.45) is 0.0916. The van der Waals surface area contributed by atoms with E-state index in [-0.39, 0.29) is 16.8 Å². The van der Waals surface area contributed by atoms with Gasteiger partial charge in [-0.1, -0.05) is 11.3 Å². The molecule has 1 fully saturated rings. The van der Waals surface area contributed by atoms with Gasteiger partial charge >= 0.3 is 10.8 Å². The fourth-order valence-electron chi connectivity index (χ4n) is 1.71. The molecular formula is C9H13N3O3S. The van der Waals surface area contributed by atoms with E-state index in [9.17, 15) is 9.59 Å². The number of aromatic nitrogens is 1. The number of hydrogen-bond donors (Lipinski definition) is 4. The highest BCUT2D eigenvalue weighted by molar-refractivity contribution is 7.07. The Kier molecular flexibility index (Phi) is 3.08. The summed E-state index contributed by atoms with van der Waals surface area (Å²) in [5.74, 6) is -0.812. The lowest BCUT2D eigenvalue weighted by Crippen LogP contribution is -2.68. The zero-order valence-electron chi connectivity index (χ0n) is 8.58. The molecule has 1 aliphatic rings. The lowest BCUT2D eigenvalue weighted by Gasteiger charge is -2.42. The Bertz CT molecular complexity index is 435. The third-order valence-electron chi connectivity index (χ3n) is 2.64. The molecule has 1 aromatic heterocycles. The first-order chi connectivity index (χ1) is 7.60. The Morgan fingerprint density at radius 1 is 1.62 bits per heavy atom. The van der Waals surface area contributed by atoms with E-state index < -0.39 is 5.97 Å². The Morgan fingerprint density at radius 2 is 2.38 bits per heavy atom. The maximum absolute atomic E-state index is 10.9. The smallest absolute Gasteiger partial charge is 0.305 e. The molecule has 2 heterocycles. The molecule has 1 aromatic rings. The minimum atomic E-state index is -0.812. The van der Waals surface area contributed by atoms with E-state index in [4.69, 9.17) is 5.11 Å². The molecule has 16 heavy (non-hydrogen) atoms. The molecule has 1 aliphatic heterocycles. The van der Waals surface area contributed by atoms with Crippen LogP contribution in [0.25, 0.3) is 0 Å². The van der Waals surface area contributed by atoms with Crippen molar-refractivity contribution in [2.24, 2.45) is 0 Å². The second-order valence-electron chi connectivity index (χ2n) is 3.98. The largest absolute Gasteiger partial charge is 0.481 e. The molecule has 0 saturated carbocycles. The highest BCUT2D eigenvalue weighted by Crippen LogP contribution is 2.16. The predicted octanol–water partition coefficient (Wildman–Crippen LogP) is -0.657. The number of thiazole rings is 1. The summed E-state index contributed by atoms with van der Waals surface area (Å²) in [7, 11) is 0. The van der Waals surface area contributed by atoms with Gasteiger partial charge in [0.2, 0.25) is 0 Å². The highest BCUT2D eigenvalue weighted by Gasteiger charge is 2.38. The van der Waals surface area contributed by atoms with Crippen molar-refractivity contribution < 1.29 is 9.90 Å². The number of aromatic amines is 1. The zero-order chi connectivity index (χ0) is 11.6. The molecule has 0 aliphatic carbocycles. The Labute approximate surface area is 95.7 Å². The molecular weight excluding hydrogens is 230 g/mol. The second-order valence-corrected chi connectivity index (χ2v) is 4.82. The van der Waals surface area contributed by atoms with Crippen LogP contribution in [0.5, 0.6) is 0 Å². The van der Waals surface area contributed by atoms with Crippen molar-refractivity contribution >= 4 is 17.3 Å². The highest BCUT2D eigenvalue weighted by atomic mass is 32.1. The van der Waals surface area contributed by atoms with E-state index in [0.29, 0.717) is 19.6 Å². The van der Waals surface area contributed by atoms with Crippen molar-refractivity contribution in [1.29, 1.82) is 0 Å². The summed E-state index contributed by atoms with van der Waals surface area (Å²) in [6, 6.07) is 0. The van der Waals surface area contributed by atoms with E-state index in [1.165, 1.54) is 0 Å². The normalized spacial score (nSPS) is 18.0. The molecule has 0 aromatic carbocycles. The minimum Gasteiger partial charge on any atom is -0.481 e. The predicted molar refractivity (Wildman–Crippen MR) is 59.6 cm³/mol. The number of carboxylic acids is 1. The van der Waals surface area contributed by atoms with Crippen molar-refractivity contribution in [2.45, 2.75) is 18.5 Å². The molecule has 0 amide bonds. The second kappa shape index (κ2) is 4.36. The van der Waals surface area contributed by atoms with Crippen molar-refractivity contribution in [3.8, 4) is 0 Å². The van der Waals surface area contributed by atoms with Crippen LogP contribution in [0.4, 0.5) is 0 Å². The summed E-state index contributed by atoms with van der Waals surface area (Å²) < 4.78 is 0. The van der Waals surface area contributed by atoms with Gasteiger partial charge in [0, 0.05) is 30.7 Å². The third kappa shape index (κ3) is 2.49. The van der Waals surface area contributed by atoms with Crippen LogP contribution in [-0.2, 0) is 11.3 Å². The van der Waals surface area contributed by atoms with Gasteiger partial charge in [0.25, 0.3) is 0 Å². The molecule has 88 valence electrons. The number of carboxylic acid groups (broad SMARTS) is 1. The Balaban J connectivity index is 1.92. The molecule has 2 rings (SSSR count). The van der Waals surface area contributed by atoms with Crippen LogP contribution in [0.1, 0.15) is 12.1 Å². The zero-order valence-corrected chi connectivity index (χ0v) is 9.39. The molecule has 1 saturated heterocycles. The number of carbonyl (C=O) groups is 1. The van der Waals surface area contributed by atoms with Crippen LogP contribution >= 0.6 is 11.3 Å². The van der Waals surface area contributed by atoms with Crippen molar-refractivity contribution in [3.05, 3.63) is 20.7 Å². The van der Waals surface area contributed by atoms with Crippen LogP contribution < -0.4 is 15.5 Å². The summed E-state index contributed by atoms with van der Waals surface area (Å²) in [5.41, 5.74) is 0.427. The first-order valence-electron chi connectivity index (χ1n) is 4.94. The van der Waals surface area contributed by atoms with E-state index in [1.54, 1.807) is 5.38 Å². The van der Waals surface area contributed by atoms with Gasteiger partial charge < -0.3 is 20.7 Å². The maximum atomic E-state index is 10.9. The van der Waals surface area contributed by atoms with Crippen LogP contribution in [0.3, 0.4) is 0 Å². The van der Waals surface area contributed by atoms with Gasteiger partial charge in [-0.15, -0.1) is 0 Å². The molecule has 0 unspecified atom stereocenters. The van der Waals surface area contributed by atoms with Gasteiger partial charge in [0.1, 0.15) is 0 Å². The quantitative estimate of drug-likeness (QED) is 0.551. The standard InChI is InChI=1S/C9H13N3O3S/c13-7(14)1-9(4-10-5-9)11-2-6-3-16-8(15)12-6/h3,10-11H,1-2,4-5H2,(H,12,15)(H,13,14). The molecule has 0 bridgehead atoms. The lowest BCUT2D eigenvalue weighted by molar-refractivity contribution is -0.139. The minimum absolute atomic E-state index is 0.0872. The van der Waals surface area contributed by atoms with Crippen LogP contribution in [0.15, 0.2) is 10.2 Å². The summed E-state index contributed by atoms with van der Waals surface area (Å²) in [6.45, 7) is 1.79. The maximum Gasteiger partial charge on any atom is 0.305 e. The van der Waals surface area contributed by atoms with Crippen LogP contribution in [-0.4, -0.2) is 34.7 Å². The summed E-state index contributed by atoms with van der Waals surface area (Å²) in [5, 5.41) is 16.8. The van der Waals surface area contributed by atoms with Gasteiger partial charge in [0.15, 0.2) is 0 Å². The van der Waals surface area contributed by atoms with E-state index in [0.717, 1.165) is 17.0 Å². The Hall–Kier alpha value is -1.18. The first-order valence-corrected chi connectivity index (χ1v) is 5.82. The van der Waals surface area contributed by atoms with Gasteiger partial charge in [0.05, 0.1) is 12.0 Å². The molecule has 6 nitrogen and oxygen atoms in total. The van der Waals surface area contributed by atoms with Gasteiger partial charge in [-0.3, -0.25) is 9.59 Å². The van der Waals surface area contributed by atoms with Crippen LogP contribution in [0, 0.1) is 0 Å². The monoisotopic (exact) mass is 243 g/mol. The van der Waals surface area contributed by atoms with Crippen molar-refractivity contribution in [2.75, 3.05) is 13.1 Å². The van der Waals surface area contributed by atoms with E-state index in [1.807, 2.05) is 0 Å². The number of nitrogens with one attached hydrogen (secondary N) is 3. The molecule has 7 heteroatoms. The molecule has 0 radical (unpaired) electrons. The number of aliphatic carboxylic acids is 1. The molecule has 0 atom stereocenters. The first kappa shape index (κ1) is 11.3. The van der Waals surface area contributed by atoms with Gasteiger partial charge in [-0.25, -0.2) is 0 Å². The van der Waals surface area contributed by atoms with Gasteiger partial charge in [-0.2, -0.15) is 0 Å². The van der Waals surface area contributed by atoms with Crippen LogP contribution in [0.2, 0.25) is 0 Å². The number of rotatable bonds is 5. The topological polar surface area (TPSA) is 94.2 Å². The number of hydrogen-bond acceptors (Lipinski definition) is 5. The van der Waals surface area contributed by atoms with E-state index >= 15 is 0 Å². The summed E-state index contributed by atoms with van der Waals surface area (Å²) in [4.78, 5) is 24.2. The molecule has 4 N–H and O–H groups in total.